The maximum atomic E-state index is 12.5. The van der Waals surface area contributed by atoms with Crippen LogP contribution in [0.3, 0.4) is 0 Å². The number of carbonyl (C=O) groups excluding carboxylic acids is 1. The van der Waals surface area contributed by atoms with Crippen molar-refractivity contribution in [3.05, 3.63) is 45.2 Å². The first-order valence-corrected chi connectivity index (χ1v) is 8.62. The maximum Gasteiger partial charge on any atom is 0.284 e. The molecule has 24 heavy (non-hydrogen) atoms. The Morgan fingerprint density at radius 1 is 1.25 bits per heavy atom. The second-order valence-corrected chi connectivity index (χ2v) is 6.74. The predicted octanol–water partition coefficient (Wildman–Crippen LogP) is 5.00. The van der Waals surface area contributed by atoms with Crippen LogP contribution >= 0.6 is 11.6 Å². The summed E-state index contributed by atoms with van der Waals surface area (Å²) >= 11 is 6.16. The van der Waals surface area contributed by atoms with Gasteiger partial charge >= 0.3 is 0 Å². The van der Waals surface area contributed by atoms with Gasteiger partial charge < -0.3 is 4.74 Å². The van der Waals surface area contributed by atoms with E-state index in [2.05, 4.69) is 18.9 Å². The molecule has 0 N–H and O–H groups in total. The molecule has 1 atom stereocenters. The third kappa shape index (κ3) is 3.64. The number of ether oxygens (including phenoxy) is 1. The van der Waals surface area contributed by atoms with Crippen LogP contribution in [-0.2, 0) is 0 Å². The SMILES string of the molecule is CCC(C)c1c(C)nn(C(=O)COc2cc(C)c(Cl)c(C)c2)c1C. The fraction of sp³-hybridized carbons (Fsp3) is 0.474. The lowest BCUT2D eigenvalue weighted by Gasteiger charge is -2.11. The summed E-state index contributed by atoms with van der Waals surface area (Å²) in [7, 11) is 0. The van der Waals surface area contributed by atoms with Crippen molar-refractivity contribution in [1.29, 1.82) is 0 Å². The zero-order valence-electron chi connectivity index (χ0n) is 15.2. The van der Waals surface area contributed by atoms with E-state index >= 15 is 0 Å². The number of aromatic nitrogens is 2. The van der Waals surface area contributed by atoms with Gasteiger partial charge in [-0.05, 0) is 68.9 Å². The molecule has 0 bridgehead atoms. The lowest BCUT2D eigenvalue weighted by Crippen LogP contribution is -2.22. The van der Waals surface area contributed by atoms with Crippen molar-refractivity contribution < 1.29 is 9.53 Å². The van der Waals surface area contributed by atoms with Crippen molar-refractivity contribution in [2.75, 3.05) is 6.61 Å². The van der Waals surface area contributed by atoms with Crippen LogP contribution in [0.1, 0.15) is 59.1 Å². The standard InChI is InChI=1S/C19H25ClN2O2/c1-7-11(2)18-14(5)21-22(15(18)6)17(23)10-24-16-8-12(3)19(20)13(4)9-16/h8-9,11H,7,10H2,1-6H3. The molecule has 0 radical (unpaired) electrons. The lowest BCUT2D eigenvalue weighted by atomic mass is 9.97. The normalized spacial score (nSPS) is 12.3. The average molecular weight is 349 g/mol. The minimum Gasteiger partial charge on any atom is -0.484 e. The molecular formula is C19H25ClN2O2. The van der Waals surface area contributed by atoms with Gasteiger partial charge in [0.05, 0.1) is 5.69 Å². The van der Waals surface area contributed by atoms with E-state index in [9.17, 15) is 4.79 Å². The summed E-state index contributed by atoms with van der Waals surface area (Å²) in [6.07, 6.45) is 1.02. The molecule has 130 valence electrons. The summed E-state index contributed by atoms with van der Waals surface area (Å²) in [5.74, 6) is 0.857. The summed E-state index contributed by atoms with van der Waals surface area (Å²) in [5.41, 5.74) is 4.84. The molecule has 0 amide bonds. The molecule has 0 saturated heterocycles. The topological polar surface area (TPSA) is 44.1 Å². The number of nitrogens with zero attached hydrogens (tertiary/aromatic N) is 2. The van der Waals surface area contributed by atoms with E-state index in [-0.39, 0.29) is 12.5 Å². The summed E-state index contributed by atoms with van der Waals surface area (Å²) in [6, 6.07) is 3.68. The Morgan fingerprint density at radius 2 is 1.83 bits per heavy atom. The second-order valence-electron chi connectivity index (χ2n) is 6.36. The van der Waals surface area contributed by atoms with Crippen molar-refractivity contribution >= 4 is 17.5 Å². The van der Waals surface area contributed by atoms with Crippen LogP contribution in [0.5, 0.6) is 5.75 Å². The fourth-order valence-electron chi connectivity index (χ4n) is 3.01. The Labute approximate surface area is 148 Å². The van der Waals surface area contributed by atoms with Gasteiger partial charge in [-0.1, -0.05) is 25.4 Å². The molecule has 1 aromatic carbocycles. The third-order valence-electron chi connectivity index (χ3n) is 4.46. The third-order valence-corrected chi connectivity index (χ3v) is 5.06. The van der Waals surface area contributed by atoms with Crippen molar-refractivity contribution in [1.82, 2.24) is 9.78 Å². The van der Waals surface area contributed by atoms with Crippen LogP contribution < -0.4 is 4.74 Å². The van der Waals surface area contributed by atoms with Crippen molar-refractivity contribution in [2.45, 2.75) is 53.9 Å². The molecule has 0 fully saturated rings. The largest absolute Gasteiger partial charge is 0.484 e. The monoisotopic (exact) mass is 348 g/mol. The van der Waals surface area contributed by atoms with E-state index in [1.165, 1.54) is 4.68 Å². The average Bonchev–Trinajstić information content (AvgIpc) is 2.84. The van der Waals surface area contributed by atoms with Crippen LogP contribution in [0.2, 0.25) is 5.02 Å². The van der Waals surface area contributed by atoms with Gasteiger partial charge in [-0.25, -0.2) is 4.68 Å². The second kappa shape index (κ2) is 7.39. The summed E-state index contributed by atoms with van der Waals surface area (Å²) in [6.45, 7) is 12.0. The smallest absolute Gasteiger partial charge is 0.284 e. The van der Waals surface area contributed by atoms with Gasteiger partial charge in [0, 0.05) is 10.7 Å². The van der Waals surface area contributed by atoms with Gasteiger partial charge in [0.1, 0.15) is 5.75 Å². The highest BCUT2D eigenvalue weighted by Gasteiger charge is 2.20. The first-order chi connectivity index (χ1) is 11.3. The Balaban J connectivity index is 2.17. The van der Waals surface area contributed by atoms with Gasteiger partial charge in [-0.2, -0.15) is 5.10 Å². The van der Waals surface area contributed by atoms with Crippen LogP contribution in [0, 0.1) is 27.7 Å². The highest BCUT2D eigenvalue weighted by molar-refractivity contribution is 6.32. The number of halogens is 1. The number of benzene rings is 1. The van der Waals surface area contributed by atoms with E-state index in [1.807, 2.05) is 39.8 Å². The summed E-state index contributed by atoms with van der Waals surface area (Å²) in [5, 5.41) is 5.13. The van der Waals surface area contributed by atoms with E-state index in [0.717, 1.165) is 39.5 Å². The molecular weight excluding hydrogens is 324 g/mol. The maximum absolute atomic E-state index is 12.5. The molecule has 1 aromatic heterocycles. The zero-order valence-corrected chi connectivity index (χ0v) is 16.0. The number of carbonyl (C=O) groups is 1. The van der Waals surface area contributed by atoms with Crippen molar-refractivity contribution in [3.63, 3.8) is 0 Å². The molecule has 0 aliphatic heterocycles. The molecule has 0 aliphatic rings. The van der Waals surface area contributed by atoms with E-state index in [1.54, 1.807) is 0 Å². The molecule has 1 unspecified atom stereocenters. The van der Waals surface area contributed by atoms with Crippen LogP contribution in [-0.4, -0.2) is 22.3 Å². The molecule has 1 heterocycles. The first-order valence-electron chi connectivity index (χ1n) is 8.25. The number of aryl methyl sites for hydroxylation is 3. The van der Waals surface area contributed by atoms with Gasteiger partial charge in [0.25, 0.3) is 5.91 Å². The Kier molecular flexibility index (Phi) is 5.70. The molecule has 5 heteroatoms. The van der Waals surface area contributed by atoms with Crippen molar-refractivity contribution in [3.8, 4) is 5.75 Å². The highest BCUT2D eigenvalue weighted by atomic mass is 35.5. The Morgan fingerprint density at radius 3 is 2.38 bits per heavy atom. The molecule has 0 spiro atoms. The molecule has 0 saturated carbocycles. The predicted molar refractivity (Wildman–Crippen MR) is 97.5 cm³/mol. The van der Waals surface area contributed by atoms with Crippen LogP contribution in [0.15, 0.2) is 12.1 Å². The van der Waals surface area contributed by atoms with Gasteiger partial charge in [0.15, 0.2) is 6.61 Å². The first kappa shape index (κ1) is 18.5. The van der Waals surface area contributed by atoms with Gasteiger partial charge in [-0.15, -0.1) is 0 Å². The molecule has 4 nitrogen and oxygen atoms in total. The Bertz CT molecular complexity index is 742. The lowest BCUT2D eigenvalue weighted by molar-refractivity contribution is 0.0818. The minimum absolute atomic E-state index is 0.0532. The number of hydrogen-bond acceptors (Lipinski definition) is 3. The highest BCUT2D eigenvalue weighted by Crippen LogP contribution is 2.27. The number of hydrogen-bond donors (Lipinski definition) is 0. The van der Waals surface area contributed by atoms with E-state index < -0.39 is 0 Å². The Hall–Kier alpha value is -1.81. The van der Waals surface area contributed by atoms with E-state index in [4.69, 9.17) is 16.3 Å². The fourth-order valence-corrected chi connectivity index (χ4v) is 3.12. The summed E-state index contributed by atoms with van der Waals surface area (Å²) in [4.78, 5) is 12.5. The quantitative estimate of drug-likeness (QED) is 0.763. The summed E-state index contributed by atoms with van der Waals surface area (Å²) < 4.78 is 7.13. The van der Waals surface area contributed by atoms with Crippen molar-refractivity contribution in [2.24, 2.45) is 0 Å². The number of rotatable bonds is 5. The van der Waals surface area contributed by atoms with Crippen LogP contribution in [0.25, 0.3) is 0 Å². The molecule has 2 rings (SSSR count). The minimum atomic E-state index is -0.171. The molecule has 2 aromatic rings. The van der Waals surface area contributed by atoms with Gasteiger partial charge in [0.2, 0.25) is 0 Å². The van der Waals surface area contributed by atoms with E-state index in [0.29, 0.717) is 11.7 Å². The van der Waals surface area contributed by atoms with Crippen LogP contribution in [0.4, 0.5) is 0 Å². The van der Waals surface area contributed by atoms with Gasteiger partial charge in [-0.3, -0.25) is 4.79 Å². The molecule has 0 aliphatic carbocycles. The zero-order chi connectivity index (χ0) is 18.0.